The fraction of sp³-hybridized carbons (Fsp3) is 0.0476. The fourth-order valence-electron chi connectivity index (χ4n) is 2.99. The number of amidine groups is 1. The van der Waals surface area contributed by atoms with E-state index in [4.69, 9.17) is 4.98 Å². The molecule has 3 heterocycles. The first-order chi connectivity index (χ1) is 12.9. The van der Waals surface area contributed by atoms with Gasteiger partial charge in [0.05, 0.1) is 21.9 Å². The van der Waals surface area contributed by atoms with Gasteiger partial charge in [-0.3, -0.25) is 0 Å². The van der Waals surface area contributed by atoms with Crippen LogP contribution in [-0.4, -0.2) is 10.8 Å². The second-order valence-electron chi connectivity index (χ2n) is 6.00. The minimum atomic E-state index is 0.922. The second kappa shape index (κ2) is 6.59. The molecule has 0 aliphatic carbocycles. The van der Waals surface area contributed by atoms with Crippen LogP contribution in [0.25, 0.3) is 10.9 Å². The van der Waals surface area contributed by atoms with E-state index in [9.17, 15) is 0 Å². The van der Waals surface area contributed by atoms with Crippen molar-refractivity contribution < 1.29 is 0 Å². The van der Waals surface area contributed by atoms with E-state index in [1.54, 1.807) is 23.1 Å². The number of thiophene rings is 1. The molecule has 4 aromatic rings. The first kappa shape index (κ1) is 15.6. The molecule has 126 valence electrons. The van der Waals surface area contributed by atoms with Crippen LogP contribution in [0.1, 0.15) is 10.4 Å². The van der Waals surface area contributed by atoms with Gasteiger partial charge in [-0.15, -0.1) is 23.1 Å². The Balaban J connectivity index is 1.47. The number of aliphatic imine (C=N–C) groups is 1. The van der Waals surface area contributed by atoms with Gasteiger partial charge in [0.15, 0.2) is 0 Å². The molecule has 2 aromatic carbocycles. The molecule has 0 amide bonds. The molecule has 1 aliphatic rings. The Morgan fingerprint density at radius 2 is 1.85 bits per heavy atom. The molecule has 0 spiro atoms. The fourth-order valence-corrected chi connectivity index (χ4v) is 4.68. The van der Waals surface area contributed by atoms with Crippen molar-refractivity contribution in [2.75, 3.05) is 5.32 Å². The van der Waals surface area contributed by atoms with Gasteiger partial charge >= 0.3 is 0 Å². The van der Waals surface area contributed by atoms with E-state index in [2.05, 4.69) is 52.1 Å². The molecule has 0 saturated carbocycles. The lowest BCUT2D eigenvalue weighted by Crippen LogP contribution is -2.19. The van der Waals surface area contributed by atoms with E-state index in [1.165, 1.54) is 10.4 Å². The number of pyridine rings is 1. The minimum absolute atomic E-state index is 0.922. The number of benzene rings is 2. The number of thioether (sulfide) groups is 1. The number of rotatable bonds is 4. The monoisotopic (exact) mass is 373 g/mol. The van der Waals surface area contributed by atoms with Gasteiger partial charge in [-0.25, -0.2) is 9.98 Å². The van der Waals surface area contributed by atoms with Crippen LogP contribution in [0.4, 0.5) is 11.4 Å². The first-order valence-electron chi connectivity index (χ1n) is 8.37. The van der Waals surface area contributed by atoms with Gasteiger partial charge in [0.1, 0.15) is 5.84 Å². The highest BCUT2D eigenvalue weighted by Crippen LogP contribution is 2.34. The van der Waals surface area contributed by atoms with E-state index in [1.807, 2.05) is 30.3 Å². The second-order valence-corrected chi connectivity index (χ2v) is 8.02. The highest BCUT2D eigenvalue weighted by Gasteiger charge is 2.19. The summed E-state index contributed by atoms with van der Waals surface area (Å²) in [5.41, 5.74) is 4.26. The number of hydrogen-bond donors (Lipinski definition) is 1. The highest BCUT2D eigenvalue weighted by molar-refractivity contribution is 7.98. The van der Waals surface area contributed by atoms with Crippen molar-refractivity contribution in [2.45, 2.75) is 10.8 Å². The van der Waals surface area contributed by atoms with Crippen LogP contribution in [0, 0.1) is 0 Å². The van der Waals surface area contributed by atoms with E-state index in [-0.39, 0.29) is 0 Å². The van der Waals surface area contributed by atoms with Gasteiger partial charge in [0, 0.05) is 21.6 Å². The molecule has 0 fully saturated rings. The molecule has 0 radical (unpaired) electrons. The van der Waals surface area contributed by atoms with Crippen LogP contribution >= 0.6 is 23.1 Å². The summed E-state index contributed by atoms with van der Waals surface area (Å²) in [6.07, 6.45) is 0. The summed E-state index contributed by atoms with van der Waals surface area (Å²) in [6.45, 7) is 0. The number of aromatic nitrogens is 1. The Labute approximate surface area is 159 Å². The summed E-state index contributed by atoms with van der Waals surface area (Å²) >= 11 is 3.55. The number of nitrogens with one attached hydrogen (secondary N) is 1. The molecule has 5 heteroatoms. The molecule has 5 rings (SSSR count). The van der Waals surface area contributed by atoms with E-state index in [0.29, 0.717) is 0 Å². The smallest absolute Gasteiger partial charge is 0.140 e. The SMILES string of the molecule is c1csc(CSc2cc(NC3=Nc4ccccc43)c3ccccc3n2)c1. The molecular weight excluding hydrogens is 358 g/mol. The molecule has 26 heavy (non-hydrogen) atoms. The van der Waals surface area contributed by atoms with E-state index in [0.717, 1.165) is 38.9 Å². The third-order valence-electron chi connectivity index (χ3n) is 4.28. The summed E-state index contributed by atoms with van der Waals surface area (Å²) in [5, 5.41) is 7.76. The number of fused-ring (bicyclic) bond motifs is 2. The molecule has 1 N–H and O–H groups in total. The van der Waals surface area contributed by atoms with Crippen molar-refractivity contribution >= 4 is 51.2 Å². The van der Waals surface area contributed by atoms with Crippen molar-refractivity contribution in [2.24, 2.45) is 4.99 Å². The summed E-state index contributed by atoms with van der Waals surface area (Å²) in [5.74, 6) is 1.86. The maximum absolute atomic E-state index is 4.82. The van der Waals surface area contributed by atoms with Crippen molar-refractivity contribution in [3.05, 3.63) is 82.6 Å². The first-order valence-corrected chi connectivity index (χ1v) is 10.2. The van der Waals surface area contributed by atoms with Crippen LogP contribution in [0.2, 0.25) is 0 Å². The van der Waals surface area contributed by atoms with Gasteiger partial charge in [-0.1, -0.05) is 36.4 Å². The Morgan fingerprint density at radius 3 is 2.73 bits per heavy atom. The molecule has 0 unspecified atom stereocenters. The predicted octanol–water partition coefficient (Wildman–Crippen LogP) is 6.09. The standard InChI is InChI=1S/C21H15N3S2/c1-3-9-17-15(7-1)19(24-21-16-8-2-4-10-18(16)23-21)12-20(22-17)26-13-14-6-5-11-25-14/h1-12H,13H2,(H,22,23,24). The Hall–Kier alpha value is -2.63. The number of hydrogen-bond acceptors (Lipinski definition) is 5. The van der Waals surface area contributed by atoms with Crippen molar-refractivity contribution in [1.82, 2.24) is 4.98 Å². The maximum Gasteiger partial charge on any atom is 0.140 e. The quantitative estimate of drug-likeness (QED) is 0.440. The van der Waals surface area contributed by atoms with Crippen LogP contribution in [0.15, 0.2) is 82.1 Å². The zero-order chi connectivity index (χ0) is 17.3. The topological polar surface area (TPSA) is 37.3 Å². The molecular formula is C21H15N3S2. The lowest BCUT2D eigenvalue weighted by atomic mass is 10.1. The van der Waals surface area contributed by atoms with Crippen molar-refractivity contribution in [3.63, 3.8) is 0 Å². The molecule has 2 aromatic heterocycles. The summed E-state index contributed by atoms with van der Waals surface area (Å²) in [6, 6.07) is 22.8. The third-order valence-corrected chi connectivity index (χ3v) is 6.30. The average Bonchev–Trinajstić information content (AvgIpc) is 3.18. The molecule has 3 nitrogen and oxygen atoms in total. The zero-order valence-corrected chi connectivity index (χ0v) is 15.5. The van der Waals surface area contributed by atoms with Crippen LogP contribution in [-0.2, 0) is 5.75 Å². The van der Waals surface area contributed by atoms with Gasteiger partial charge in [-0.2, -0.15) is 0 Å². The van der Waals surface area contributed by atoms with Gasteiger partial charge in [0.2, 0.25) is 0 Å². The predicted molar refractivity (Wildman–Crippen MR) is 112 cm³/mol. The maximum atomic E-state index is 4.82. The van der Waals surface area contributed by atoms with Crippen molar-refractivity contribution in [1.29, 1.82) is 0 Å². The Bertz CT molecular complexity index is 1120. The van der Waals surface area contributed by atoms with Gasteiger partial charge in [-0.05, 0) is 35.7 Å². The summed E-state index contributed by atoms with van der Waals surface area (Å²) < 4.78 is 0. The molecule has 1 aliphatic heterocycles. The minimum Gasteiger partial charge on any atom is -0.339 e. The van der Waals surface area contributed by atoms with Crippen LogP contribution in [0.3, 0.4) is 0 Å². The molecule has 0 atom stereocenters. The zero-order valence-electron chi connectivity index (χ0n) is 13.8. The lowest BCUT2D eigenvalue weighted by Gasteiger charge is -2.20. The normalized spacial score (nSPS) is 12.4. The number of para-hydroxylation sites is 2. The number of nitrogens with zero attached hydrogens (tertiary/aromatic N) is 2. The highest BCUT2D eigenvalue weighted by atomic mass is 32.2. The molecule has 0 saturated heterocycles. The van der Waals surface area contributed by atoms with E-state index >= 15 is 0 Å². The summed E-state index contributed by atoms with van der Waals surface area (Å²) in [7, 11) is 0. The van der Waals surface area contributed by atoms with Gasteiger partial charge < -0.3 is 5.32 Å². The van der Waals surface area contributed by atoms with Crippen LogP contribution in [0.5, 0.6) is 0 Å². The van der Waals surface area contributed by atoms with E-state index < -0.39 is 0 Å². The summed E-state index contributed by atoms with van der Waals surface area (Å²) in [4.78, 5) is 10.8. The Kier molecular flexibility index (Phi) is 3.96. The Morgan fingerprint density at radius 1 is 0.962 bits per heavy atom. The third kappa shape index (κ3) is 2.89. The van der Waals surface area contributed by atoms with Crippen LogP contribution < -0.4 is 5.32 Å². The average molecular weight is 374 g/mol. The van der Waals surface area contributed by atoms with Gasteiger partial charge in [0.25, 0.3) is 0 Å². The van der Waals surface area contributed by atoms with Crippen molar-refractivity contribution in [3.8, 4) is 0 Å². The molecule has 0 bridgehead atoms. The number of anilines is 1. The lowest BCUT2D eigenvalue weighted by molar-refractivity contribution is 1.19. The largest absolute Gasteiger partial charge is 0.339 e.